The van der Waals surface area contributed by atoms with Crippen molar-refractivity contribution < 1.29 is 88.0 Å². The van der Waals surface area contributed by atoms with E-state index < -0.39 is 114 Å². The van der Waals surface area contributed by atoms with E-state index in [1.165, 1.54) is 74.7 Å². The van der Waals surface area contributed by atoms with Crippen molar-refractivity contribution >= 4 is 34.3 Å². The molecule has 500 valence electrons. The summed E-state index contributed by atoms with van der Waals surface area (Å²) < 4.78 is 37.4. The molecule has 15 N–H and O–H groups in total. The monoisotopic (exact) mass is 1280 g/mol. The highest BCUT2D eigenvalue weighted by Gasteiger charge is 2.32. The average Bonchev–Trinajstić information content (AvgIpc) is 1.56. The van der Waals surface area contributed by atoms with Crippen LogP contribution in [0.2, 0.25) is 0 Å². The summed E-state index contributed by atoms with van der Waals surface area (Å²) in [4.78, 5) is 36.2. The lowest BCUT2D eigenvalue weighted by atomic mass is 9.88. The van der Waals surface area contributed by atoms with Crippen LogP contribution in [0.15, 0.2) is 192 Å². The molecule has 1 rings (SSSR count). The molecule has 1 aromatic heterocycles. The number of rotatable bonds is 46. The molecule has 15 unspecified atom stereocenters. The fourth-order valence-electron chi connectivity index (χ4n) is 8.33. The summed E-state index contributed by atoms with van der Waals surface area (Å²) in [6.45, 7) is 6.76. The molecule has 0 aromatic carbocycles. The number of carboxylic acid groups (broad SMARTS) is 1. The Balaban J connectivity index is 2.48. The zero-order chi connectivity index (χ0) is 67.3. The molecule has 0 spiro atoms. The first-order chi connectivity index (χ1) is 42.7. The van der Waals surface area contributed by atoms with Crippen molar-refractivity contribution in [3.05, 3.63) is 188 Å². The first kappa shape index (κ1) is 81.5. The first-order valence-corrected chi connectivity index (χ1v) is 31.4. The Kier molecular flexibility index (Phi) is 43.7. The number of hydrogen-bond acceptors (Lipinski definition) is 18. The van der Waals surface area contributed by atoms with E-state index in [1.807, 2.05) is 37.3 Å². The number of nitrogens with zero attached hydrogens (tertiary/aromatic N) is 3. The topological polar surface area (TPSA) is 404 Å². The summed E-state index contributed by atoms with van der Waals surface area (Å²) in [6, 6.07) is 5.37. The lowest BCUT2D eigenvalue weighted by Gasteiger charge is -2.25. The second-order valence-electron chi connectivity index (χ2n) is 21.7. The standard InChI is InChI=1S/C67H98N4O18S/c1-48(28-18-14-10-9-11-15-19-29-49(2)66(84)85)64(82)50(3)61(80)38-20-16-12-7-5-6-8-13-17-21-39-63(89-90(86,87)88)51(4)65(83)62(81)46-59(78)36-26-35-57(76)45-60(79)44-56(75)34-25-33-54(73)42-53(72)31-24-32-55(74)43-58(77)37-27-41-70-67(68)71-47-52-30-22-23-40-69-52/h5-9,11-13,15-26,28-31,34,36,38-40,47-48,50-51,53-64,72-82H,10,14,27,32-33,35,37,41-46H2,1-4H3,(H2,68,70)(H,84,85)(H,86,87,88)/b7-5+,8-6+,11-9+,16-12+,17-13+,19-15+,28-18+,31-24+,34-25+,36-26+,38-20+,39-21-,49-29+,71-47-. The number of allylic oxidation sites excluding steroid dienone is 16. The number of aliphatic imine (C=N–C) groups is 2. The molecular weight excluding hydrogens is 1180 g/mol. The van der Waals surface area contributed by atoms with E-state index in [2.05, 4.69) is 15.0 Å². The fraction of sp³-hybridized carbons (Fsp3) is 0.478. The summed E-state index contributed by atoms with van der Waals surface area (Å²) in [5.74, 6) is -3.73. The number of carbonyl (C=O) groups excluding carboxylic acids is 1. The van der Waals surface area contributed by atoms with E-state index >= 15 is 0 Å². The maximum absolute atomic E-state index is 13.1. The molecule has 0 amide bonds. The molecule has 0 aliphatic carbocycles. The maximum atomic E-state index is 13.1. The number of hydrogen-bond donors (Lipinski definition) is 14. The number of aromatic nitrogens is 1. The third-order valence-electron chi connectivity index (χ3n) is 13.6. The van der Waals surface area contributed by atoms with Gasteiger partial charge in [-0.05, 0) is 76.8 Å². The van der Waals surface area contributed by atoms with Gasteiger partial charge in [0.15, 0.2) is 5.78 Å². The molecule has 0 aliphatic rings. The van der Waals surface area contributed by atoms with Crippen LogP contribution >= 0.6 is 0 Å². The normalized spacial score (nSPS) is 18.9. The predicted octanol–water partition coefficient (Wildman–Crippen LogP) is 5.84. The molecule has 90 heavy (non-hydrogen) atoms. The first-order valence-electron chi connectivity index (χ1n) is 30.0. The summed E-state index contributed by atoms with van der Waals surface area (Å²) in [5.41, 5.74) is 6.67. The van der Waals surface area contributed by atoms with Crippen molar-refractivity contribution in [3.63, 3.8) is 0 Å². The third-order valence-corrected chi connectivity index (χ3v) is 14.0. The molecule has 1 heterocycles. The lowest BCUT2D eigenvalue weighted by molar-refractivity contribution is -0.134. The van der Waals surface area contributed by atoms with Gasteiger partial charge < -0.3 is 67.0 Å². The number of carboxylic acids is 1. The number of unbranched alkanes of at least 4 members (excludes halogenated alkanes) is 1. The smallest absolute Gasteiger partial charge is 0.397 e. The van der Waals surface area contributed by atoms with Crippen molar-refractivity contribution in [2.75, 3.05) is 6.54 Å². The molecular formula is C67H98N4O18S. The summed E-state index contributed by atoms with van der Waals surface area (Å²) in [6.07, 6.45) is 31.7. The van der Waals surface area contributed by atoms with Crippen LogP contribution < -0.4 is 5.73 Å². The predicted molar refractivity (Wildman–Crippen MR) is 350 cm³/mol. The minimum atomic E-state index is -5.04. The molecule has 0 saturated heterocycles. The van der Waals surface area contributed by atoms with Gasteiger partial charge in [-0.2, -0.15) is 8.42 Å². The Bertz CT molecular complexity index is 2770. The highest BCUT2D eigenvalue weighted by Crippen LogP contribution is 2.21. The van der Waals surface area contributed by atoms with Gasteiger partial charge in [-0.25, -0.2) is 14.0 Å². The lowest BCUT2D eigenvalue weighted by Crippen LogP contribution is -2.37. The van der Waals surface area contributed by atoms with Gasteiger partial charge in [-0.1, -0.05) is 179 Å². The largest absolute Gasteiger partial charge is 0.478 e. The molecule has 1 aromatic rings. The van der Waals surface area contributed by atoms with Crippen molar-refractivity contribution in [2.45, 2.75) is 178 Å². The molecule has 0 fully saturated rings. The van der Waals surface area contributed by atoms with Crippen LogP contribution in [-0.2, 0) is 24.2 Å². The summed E-state index contributed by atoms with van der Waals surface area (Å²) in [7, 11) is -5.04. The van der Waals surface area contributed by atoms with Gasteiger partial charge in [0.05, 0.1) is 72.9 Å². The van der Waals surface area contributed by atoms with E-state index in [0.29, 0.717) is 25.1 Å². The van der Waals surface area contributed by atoms with Gasteiger partial charge in [0, 0.05) is 55.3 Å². The van der Waals surface area contributed by atoms with E-state index in [9.17, 15) is 78.7 Å². The number of carbonyl (C=O) groups is 2. The zero-order valence-corrected chi connectivity index (χ0v) is 52.7. The highest BCUT2D eigenvalue weighted by atomic mass is 32.3. The van der Waals surface area contributed by atoms with Crippen molar-refractivity contribution in [3.8, 4) is 0 Å². The molecule has 0 bridgehead atoms. The number of aliphatic hydroxyl groups is 11. The van der Waals surface area contributed by atoms with Gasteiger partial charge in [0.1, 0.15) is 12.2 Å². The quantitative estimate of drug-likeness (QED) is 0.00693. The Labute approximate surface area is 530 Å². The number of pyridine rings is 1. The third kappa shape index (κ3) is 42.5. The number of ketones is 1. The minimum Gasteiger partial charge on any atom is -0.478 e. The van der Waals surface area contributed by atoms with Gasteiger partial charge in [0.25, 0.3) is 0 Å². The number of aliphatic hydroxyl groups excluding tert-OH is 11. The zero-order valence-electron chi connectivity index (χ0n) is 51.9. The number of aliphatic carboxylic acids is 1. The van der Waals surface area contributed by atoms with Crippen LogP contribution in [0.5, 0.6) is 0 Å². The van der Waals surface area contributed by atoms with E-state index in [4.69, 9.17) is 15.0 Å². The Morgan fingerprint density at radius 1 is 0.611 bits per heavy atom. The van der Waals surface area contributed by atoms with Gasteiger partial charge in [-0.3, -0.25) is 19.3 Å². The minimum absolute atomic E-state index is 0.0357. The molecule has 0 saturated carbocycles. The van der Waals surface area contributed by atoms with Crippen LogP contribution in [0.4, 0.5) is 0 Å². The van der Waals surface area contributed by atoms with E-state index in [1.54, 1.807) is 98.2 Å². The van der Waals surface area contributed by atoms with Crippen molar-refractivity contribution in [2.24, 2.45) is 33.5 Å². The van der Waals surface area contributed by atoms with Gasteiger partial charge in [0.2, 0.25) is 5.96 Å². The Morgan fingerprint density at radius 2 is 1.12 bits per heavy atom. The van der Waals surface area contributed by atoms with Crippen LogP contribution in [-0.4, -0.2) is 183 Å². The second-order valence-corrected chi connectivity index (χ2v) is 22.8. The number of nitrogens with two attached hydrogens (primary N) is 1. The fourth-order valence-corrected chi connectivity index (χ4v) is 8.84. The highest BCUT2D eigenvalue weighted by molar-refractivity contribution is 7.80. The Hall–Kier alpha value is -6.52. The van der Waals surface area contributed by atoms with Crippen molar-refractivity contribution in [1.82, 2.24) is 4.98 Å². The molecule has 23 heteroatoms. The van der Waals surface area contributed by atoms with Crippen LogP contribution in [0.3, 0.4) is 0 Å². The summed E-state index contributed by atoms with van der Waals surface area (Å²) in [5, 5.41) is 124. The SMILES string of the molecule is C\C(=C/C=C/C=C/CC/C=C/C(C)C(O)C(C)C(O)/C=C/C=C/C=C/C=C/C=C/C=C\C(OS(=O)(=O)O)C(C)C(=O)C(O)CC(O)/C=C/CC(O)CC(O)CC(O)/C=C/CC(O)CC(O)/C=C/CC(O)CC(O)CCCN=C(N)/N=C\c1ccccn1)C(=O)O. The van der Waals surface area contributed by atoms with Crippen LogP contribution in [0.25, 0.3) is 0 Å². The number of guanidine groups is 1. The molecule has 15 atom stereocenters. The van der Waals surface area contributed by atoms with Gasteiger partial charge >= 0.3 is 16.4 Å². The number of Topliss-reactive ketones (excluding diaryl/α,β-unsaturated/α-hetero) is 1. The maximum Gasteiger partial charge on any atom is 0.397 e. The molecule has 0 aliphatic heterocycles. The average molecular weight is 1280 g/mol. The molecule has 0 radical (unpaired) electrons. The van der Waals surface area contributed by atoms with Crippen LogP contribution in [0, 0.1) is 17.8 Å². The second kappa shape index (κ2) is 48.3. The van der Waals surface area contributed by atoms with Crippen LogP contribution in [0.1, 0.15) is 110 Å². The molecule has 22 nitrogen and oxygen atoms in total. The van der Waals surface area contributed by atoms with E-state index in [0.717, 1.165) is 12.8 Å². The van der Waals surface area contributed by atoms with Gasteiger partial charge in [-0.15, -0.1) is 0 Å². The summed E-state index contributed by atoms with van der Waals surface area (Å²) >= 11 is 0. The Morgan fingerprint density at radius 3 is 1.68 bits per heavy atom. The van der Waals surface area contributed by atoms with Crippen molar-refractivity contribution in [1.29, 1.82) is 0 Å². The van der Waals surface area contributed by atoms with E-state index in [-0.39, 0.29) is 62.4 Å².